The summed E-state index contributed by atoms with van der Waals surface area (Å²) in [5.74, 6) is -0.978. The molecule has 5 nitrogen and oxygen atoms in total. The van der Waals surface area contributed by atoms with Crippen LogP contribution < -0.4 is 5.73 Å². The number of primary amides is 1. The molecule has 0 aromatic heterocycles. The van der Waals surface area contributed by atoms with Gasteiger partial charge in [0.05, 0.1) is 12.5 Å². The number of rotatable bonds is 4. The van der Waals surface area contributed by atoms with E-state index in [4.69, 9.17) is 11.0 Å². The predicted octanol–water partition coefficient (Wildman–Crippen LogP) is -0.368. The molecule has 5 heteroatoms. The van der Waals surface area contributed by atoms with Gasteiger partial charge >= 0.3 is 0 Å². The third-order valence-corrected chi connectivity index (χ3v) is 2.19. The van der Waals surface area contributed by atoms with Crippen molar-refractivity contribution in [2.24, 2.45) is 5.73 Å². The molecule has 0 radical (unpaired) electrons. The van der Waals surface area contributed by atoms with E-state index in [2.05, 4.69) is 0 Å². The topological polar surface area (TPSA) is 107 Å². The summed E-state index contributed by atoms with van der Waals surface area (Å²) in [7, 11) is 0. The molecule has 2 unspecified atom stereocenters. The van der Waals surface area contributed by atoms with E-state index in [0.29, 0.717) is 5.56 Å². The van der Waals surface area contributed by atoms with Gasteiger partial charge < -0.3 is 15.9 Å². The lowest BCUT2D eigenvalue weighted by Crippen LogP contribution is -2.33. The second kappa shape index (κ2) is 5.26. The number of nitrogens with two attached hydrogens (primary N) is 1. The molecule has 0 aliphatic carbocycles. The first-order valence-corrected chi connectivity index (χ1v) is 4.67. The van der Waals surface area contributed by atoms with Crippen molar-refractivity contribution in [3.63, 3.8) is 0 Å². The zero-order valence-electron chi connectivity index (χ0n) is 8.50. The van der Waals surface area contributed by atoms with Crippen LogP contribution in [0.25, 0.3) is 0 Å². The van der Waals surface area contributed by atoms with Gasteiger partial charge in [-0.05, 0) is 11.1 Å². The van der Waals surface area contributed by atoms with Gasteiger partial charge in [-0.15, -0.1) is 0 Å². The van der Waals surface area contributed by atoms with E-state index in [-0.39, 0.29) is 6.42 Å². The zero-order chi connectivity index (χ0) is 12.1. The first-order valence-electron chi connectivity index (χ1n) is 4.67. The van der Waals surface area contributed by atoms with Gasteiger partial charge in [0.2, 0.25) is 5.91 Å². The summed E-state index contributed by atoms with van der Waals surface area (Å²) >= 11 is 0. The standard InChI is InChI=1S/C11H12N2O3/c12-6-5-7-1-3-8(4-2-7)9(14)10(15)11(13)16/h1-4,9-10,14-15H,5H2,(H2,13,16). The third kappa shape index (κ3) is 2.79. The molecule has 1 aromatic carbocycles. The van der Waals surface area contributed by atoms with E-state index >= 15 is 0 Å². The molecule has 2 atom stereocenters. The maximum atomic E-state index is 10.7. The summed E-state index contributed by atoms with van der Waals surface area (Å²) < 4.78 is 0. The summed E-state index contributed by atoms with van der Waals surface area (Å²) in [5.41, 5.74) is 6.04. The molecule has 0 aliphatic heterocycles. The summed E-state index contributed by atoms with van der Waals surface area (Å²) in [5, 5.41) is 27.3. The average Bonchev–Trinajstić information content (AvgIpc) is 2.28. The molecule has 4 N–H and O–H groups in total. The highest BCUT2D eigenvalue weighted by Gasteiger charge is 2.22. The summed E-state index contributed by atoms with van der Waals surface area (Å²) in [4.78, 5) is 10.7. The third-order valence-electron chi connectivity index (χ3n) is 2.19. The molecule has 0 fully saturated rings. The average molecular weight is 220 g/mol. The van der Waals surface area contributed by atoms with Crippen LogP contribution >= 0.6 is 0 Å². The van der Waals surface area contributed by atoms with Crippen molar-refractivity contribution in [1.29, 1.82) is 5.26 Å². The Kier molecular flexibility index (Phi) is 4.00. The molecule has 16 heavy (non-hydrogen) atoms. The highest BCUT2D eigenvalue weighted by atomic mass is 16.3. The summed E-state index contributed by atoms with van der Waals surface area (Å²) in [6, 6.07) is 8.37. The molecule has 0 heterocycles. The lowest BCUT2D eigenvalue weighted by Gasteiger charge is -2.15. The second-order valence-corrected chi connectivity index (χ2v) is 3.37. The Hall–Kier alpha value is -1.90. The monoisotopic (exact) mass is 220 g/mol. The van der Waals surface area contributed by atoms with Crippen LogP contribution in [0.2, 0.25) is 0 Å². The number of benzene rings is 1. The van der Waals surface area contributed by atoms with Gasteiger partial charge in [-0.2, -0.15) is 5.26 Å². The van der Waals surface area contributed by atoms with Crippen molar-refractivity contribution >= 4 is 5.91 Å². The number of nitrogens with zero attached hydrogens (tertiary/aromatic N) is 1. The Morgan fingerprint density at radius 3 is 2.38 bits per heavy atom. The highest BCUT2D eigenvalue weighted by Crippen LogP contribution is 2.17. The Labute approximate surface area is 92.7 Å². The largest absolute Gasteiger partial charge is 0.385 e. The van der Waals surface area contributed by atoms with Gasteiger partial charge in [0, 0.05) is 0 Å². The number of amides is 1. The second-order valence-electron chi connectivity index (χ2n) is 3.37. The Bertz CT molecular complexity index is 408. The fraction of sp³-hybridized carbons (Fsp3) is 0.273. The van der Waals surface area contributed by atoms with Crippen molar-refractivity contribution < 1.29 is 15.0 Å². The van der Waals surface area contributed by atoms with Gasteiger partial charge in [-0.25, -0.2) is 0 Å². The van der Waals surface area contributed by atoms with Gasteiger partial charge in [0.1, 0.15) is 6.10 Å². The van der Waals surface area contributed by atoms with E-state index in [1.165, 1.54) is 0 Å². The van der Waals surface area contributed by atoms with E-state index < -0.39 is 18.1 Å². The Morgan fingerprint density at radius 2 is 1.94 bits per heavy atom. The number of aliphatic hydroxyl groups is 2. The van der Waals surface area contributed by atoms with Crippen molar-refractivity contribution in [1.82, 2.24) is 0 Å². The van der Waals surface area contributed by atoms with Crippen molar-refractivity contribution in [2.45, 2.75) is 18.6 Å². The van der Waals surface area contributed by atoms with Crippen molar-refractivity contribution in [3.8, 4) is 6.07 Å². The van der Waals surface area contributed by atoms with Gasteiger partial charge in [-0.3, -0.25) is 4.79 Å². The van der Waals surface area contributed by atoms with Crippen LogP contribution in [0.5, 0.6) is 0 Å². The zero-order valence-corrected chi connectivity index (χ0v) is 8.50. The van der Waals surface area contributed by atoms with Crippen LogP contribution in [0.4, 0.5) is 0 Å². The lowest BCUT2D eigenvalue weighted by molar-refractivity contribution is -0.131. The minimum atomic E-state index is -1.62. The fourth-order valence-corrected chi connectivity index (χ4v) is 1.26. The van der Waals surface area contributed by atoms with Crippen LogP contribution in [-0.2, 0) is 11.2 Å². The normalized spacial score (nSPS) is 13.8. The van der Waals surface area contributed by atoms with Crippen LogP contribution in [0.1, 0.15) is 17.2 Å². The van der Waals surface area contributed by atoms with Crippen molar-refractivity contribution in [2.75, 3.05) is 0 Å². The number of hydrogen-bond acceptors (Lipinski definition) is 4. The van der Waals surface area contributed by atoms with Crippen LogP contribution in [-0.4, -0.2) is 22.2 Å². The van der Waals surface area contributed by atoms with Gasteiger partial charge in [0.25, 0.3) is 0 Å². The molecule has 0 spiro atoms. The maximum Gasteiger partial charge on any atom is 0.249 e. The molecule has 1 aromatic rings. The summed E-state index contributed by atoms with van der Waals surface area (Å²) in [6.07, 6.45) is -2.69. The maximum absolute atomic E-state index is 10.7. The highest BCUT2D eigenvalue weighted by molar-refractivity contribution is 5.79. The minimum Gasteiger partial charge on any atom is -0.385 e. The fourth-order valence-electron chi connectivity index (χ4n) is 1.26. The molecule has 0 bridgehead atoms. The van der Waals surface area contributed by atoms with E-state index in [9.17, 15) is 15.0 Å². The number of aliphatic hydroxyl groups excluding tert-OH is 2. The lowest BCUT2D eigenvalue weighted by atomic mass is 10.0. The molecule has 1 rings (SSSR count). The number of carbonyl (C=O) groups is 1. The van der Waals surface area contributed by atoms with Gasteiger partial charge in [0.15, 0.2) is 6.10 Å². The quantitative estimate of drug-likeness (QED) is 0.643. The molecule has 1 amide bonds. The van der Waals surface area contributed by atoms with E-state index in [0.717, 1.165) is 5.56 Å². The first kappa shape index (κ1) is 12.2. The van der Waals surface area contributed by atoms with Crippen LogP contribution in [0.15, 0.2) is 24.3 Å². The molecular formula is C11H12N2O3. The Morgan fingerprint density at radius 1 is 1.38 bits per heavy atom. The number of nitriles is 1. The molecular weight excluding hydrogens is 208 g/mol. The van der Waals surface area contributed by atoms with E-state index in [1.807, 2.05) is 6.07 Å². The number of carbonyl (C=O) groups excluding carboxylic acids is 1. The molecule has 0 saturated carbocycles. The molecule has 84 valence electrons. The van der Waals surface area contributed by atoms with Crippen LogP contribution in [0.3, 0.4) is 0 Å². The predicted molar refractivity (Wildman–Crippen MR) is 55.9 cm³/mol. The van der Waals surface area contributed by atoms with Crippen molar-refractivity contribution in [3.05, 3.63) is 35.4 Å². The molecule has 0 aliphatic rings. The number of hydrogen-bond donors (Lipinski definition) is 3. The molecule has 0 saturated heterocycles. The first-order chi connectivity index (χ1) is 7.56. The smallest absolute Gasteiger partial charge is 0.249 e. The van der Waals surface area contributed by atoms with Crippen LogP contribution in [0, 0.1) is 11.3 Å². The Balaban J connectivity index is 2.82. The SMILES string of the molecule is N#CCc1ccc(C(O)C(O)C(N)=O)cc1. The summed E-state index contributed by atoms with van der Waals surface area (Å²) in [6.45, 7) is 0. The van der Waals surface area contributed by atoms with E-state index in [1.54, 1.807) is 24.3 Å². The van der Waals surface area contributed by atoms with Gasteiger partial charge in [-0.1, -0.05) is 24.3 Å². The minimum absolute atomic E-state index is 0.273.